The molecule has 0 aliphatic heterocycles. The topological polar surface area (TPSA) is 37.4 Å². The number of unbranched alkanes of at least 4 members (excludes halogenated alkanes) is 1. The van der Waals surface area contributed by atoms with Crippen LogP contribution in [0.2, 0.25) is 0 Å². The fraction of sp³-hybridized carbons (Fsp3) is 0.700. The number of hydrogen-bond acceptors (Lipinski definition) is 5. The minimum absolute atomic E-state index is 0.0934. The van der Waals surface area contributed by atoms with E-state index >= 15 is 0 Å². The molecule has 0 aromatic heterocycles. The third-order valence-electron chi connectivity index (χ3n) is 1.55. The summed E-state index contributed by atoms with van der Waals surface area (Å²) < 4.78 is 1.75. The Morgan fingerprint density at radius 1 is 1.07 bits per heavy atom. The van der Waals surface area contributed by atoms with Crippen LogP contribution in [0.4, 0.5) is 0 Å². The van der Waals surface area contributed by atoms with Crippen LogP contribution in [-0.4, -0.2) is 20.5 Å². The second kappa shape index (κ2) is 9.24. The van der Waals surface area contributed by atoms with E-state index in [9.17, 15) is 9.59 Å². The molecule has 0 atom stereocenters. The maximum absolute atomic E-state index is 11.2. The number of rotatable bonds is 7. The van der Waals surface area contributed by atoms with Gasteiger partial charge < -0.3 is 0 Å². The highest BCUT2D eigenvalue weighted by Crippen LogP contribution is 2.25. The summed E-state index contributed by atoms with van der Waals surface area (Å²) in [6.45, 7) is 6.34. The van der Waals surface area contributed by atoms with Crippen molar-refractivity contribution in [1.82, 2.24) is 3.71 Å². The van der Waals surface area contributed by atoms with Crippen LogP contribution in [0.1, 0.15) is 40.0 Å². The molecule has 87 valence electrons. The third-order valence-corrected chi connectivity index (χ3v) is 3.69. The summed E-state index contributed by atoms with van der Waals surface area (Å²) in [6.07, 6.45) is 3.98. The molecule has 0 saturated heterocycles. The molecule has 1 radical (unpaired) electrons. The van der Waals surface area contributed by atoms with E-state index in [4.69, 9.17) is 0 Å². The van der Waals surface area contributed by atoms with Crippen LogP contribution in [0.5, 0.6) is 0 Å². The highest BCUT2D eigenvalue weighted by Gasteiger charge is 2.14. The number of carbonyl (C=O) groups excluding carboxylic acids is 2. The summed E-state index contributed by atoms with van der Waals surface area (Å²) in [5, 5.41) is 0.187. The Labute approximate surface area is 101 Å². The fourth-order valence-electron chi connectivity index (χ4n) is 0.684. The van der Waals surface area contributed by atoms with Gasteiger partial charge in [0.2, 0.25) is 10.2 Å². The molecule has 0 amide bonds. The van der Waals surface area contributed by atoms with Crippen LogP contribution >= 0.6 is 23.9 Å². The lowest BCUT2D eigenvalue weighted by atomic mass is 10.3. The van der Waals surface area contributed by atoms with Crippen molar-refractivity contribution in [1.29, 1.82) is 0 Å². The predicted octanol–water partition coefficient (Wildman–Crippen LogP) is 3.07. The van der Waals surface area contributed by atoms with E-state index in [0.29, 0.717) is 19.4 Å². The van der Waals surface area contributed by atoms with E-state index in [0.717, 1.165) is 30.3 Å². The van der Waals surface area contributed by atoms with Crippen LogP contribution in [0.25, 0.3) is 0 Å². The molecule has 0 aromatic rings. The second-order valence-electron chi connectivity index (χ2n) is 2.85. The van der Waals surface area contributed by atoms with Crippen molar-refractivity contribution in [2.75, 3.05) is 6.54 Å². The van der Waals surface area contributed by atoms with Gasteiger partial charge in [0, 0.05) is 43.3 Å². The van der Waals surface area contributed by atoms with E-state index in [2.05, 4.69) is 0 Å². The lowest BCUT2D eigenvalue weighted by Gasteiger charge is -2.16. The lowest BCUT2D eigenvalue weighted by molar-refractivity contribution is -0.111. The van der Waals surface area contributed by atoms with Crippen molar-refractivity contribution < 1.29 is 9.59 Å². The summed E-state index contributed by atoms with van der Waals surface area (Å²) in [7, 11) is 0. The first-order valence-corrected chi connectivity index (χ1v) is 6.69. The zero-order valence-corrected chi connectivity index (χ0v) is 11.1. The van der Waals surface area contributed by atoms with Gasteiger partial charge in [-0.25, -0.2) is 0 Å². The first kappa shape index (κ1) is 15.0. The van der Waals surface area contributed by atoms with Gasteiger partial charge >= 0.3 is 0 Å². The first-order valence-electron chi connectivity index (χ1n) is 5.14. The minimum Gasteiger partial charge on any atom is -0.286 e. The normalized spacial score (nSPS) is 10.7. The van der Waals surface area contributed by atoms with E-state index < -0.39 is 0 Å². The van der Waals surface area contributed by atoms with E-state index in [1.165, 1.54) is 0 Å². The zero-order chi connectivity index (χ0) is 11.7. The molecule has 0 fully saturated rings. The molecule has 0 saturated carbocycles. The highest BCUT2D eigenvalue weighted by molar-refractivity contribution is 8.25. The smallest absolute Gasteiger partial charge is 0.204 e. The van der Waals surface area contributed by atoms with Gasteiger partial charge in [0.05, 0.1) is 0 Å². The lowest BCUT2D eigenvalue weighted by Crippen LogP contribution is -2.14. The van der Waals surface area contributed by atoms with Crippen molar-refractivity contribution >= 4 is 34.1 Å². The molecule has 3 nitrogen and oxygen atoms in total. The average Bonchev–Trinajstić information content (AvgIpc) is 2.25. The standard InChI is InChI=1S/C10H18NO2S2/c1-4-7-8-11(14-9(12)5-2)15-10(13)6-3/h7H,4-6,8H2,1-3H3. The molecule has 0 aliphatic carbocycles. The van der Waals surface area contributed by atoms with Crippen molar-refractivity contribution in [2.24, 2.45) is 0 Å². The Morgan fingerprint density at radius 2 is 1.53 bits per heavy atom. The van der Waals surface area contributed by atoms with E-state index in [-0.39, 0.29) is 10.2 Å². The van der Waals surface area contributed by atoms with Crippen molar-refractivity contribution in [2.45, 2.75) is 40.0 Å². The molecule has 0 aliphatic rings. The Morgan fingerprint density at radius 3 is 1.87 bits per heavy atom. The quantitative estimate of drug-likeness (QED) is 0.647. The van der Waals surface area contributed by atoms with Gasteiger partial charge in [0.1, 0.15) is 0 Å². The Kier molecular flexibility index (Phi) is 9.24. The van der Waals surface area contributed by atoms with Gasteiger partial charge in [0.25, 0.3) is 0 Å². The molecule has 0 bridgehead atoms. The molecule has 0 rings (SSSR count). The zero-order valence-electron chi connectivity index (χ0n) is 9.49. The van der Waals surface area contributed by atoms with Gasteiger partial charge in [-0.2, -0.15) is 3.71 Å². The van der Waals surface area contributed by atoms with Gasteiger partial charge in [-0.3, -0.25) is 9.59 Å². The monoisotopic (exact) mass is 248 g/mol. The van der Waals surface area contributed by atoms with Crippen LogP contribution < -0.4 is 0 Å². The summed E-state index contributed by atoms with van der Waals surface area (Å²) in [5.41, 5.74) is 0. The van der Waals surface area contributed by atoms with Gasteiger partial charge in [-0.05, 0) is 6.42 Å². The summed E-state index contributed by atoms with van der Waals surface area (Å²) in [6, 6.07) is 0. The Bertz CT molecular complexity index is 192. The molecule has 15 heavy (non-hydrogen) atoms. The van der Waals surface area contributed by atoms with Crippen LogP contribution in [0.3, 0.4) is 0 Å². The third kappa shape index (κ3) is 7.88. The average molecular weight is 248 g/mol. The van der Waals surface area contributed by atoms with Crippen molar-refractivity contribution in [3.8, 4) is 0 Å². The maximum atomic E-state index is 11.2. The second-order valence-corrected chi connectivity index (χ2v) is 5.23. The first-order chi connectivity index (χ1) is 7.13. The molecular formula is C10H18NO2S2. The summed E-state index contributed by atoms with van der Waals surface area (Å²) >= 11 is 2.27. The number of carbonyl (C=O) groups is 2. The van der Waals surface area contributed by atoms with Gasteiger partial charge in [0.15, 0.2) is 0 Å². The predicted molar refractivity (Wildman–Crippen MR) is 67.1 cm³/mol. The van der Waals surface area contributed by atoms with Gasteiger partial charge in [-0.1, -0.05) is 27.2 Å². The Hall–Kier alpha value is -0.0000000000000000555. The molecule has 0 heterocycles. The highest BCUT2D eigenvalue weighted by atomic mass is 32.2. The van der Waals surface area contributed by atoms with Crippen LogP contribution in [0, 0.1) is 6.42 Å². The van der Waals surface area contributed by atoms with Crippen molar-refractivity contribution in [3.05, 3.63) is 6.42 Å². The number of nitrogens with zero attached hydrogens (tertiary/aromatic N) is 1. The van der Waals surface area contributed by atoms with Gasteiger partial charge in [-0.15, -0.1) is 0 Å². The van der Waals surface area contributed by atoms with Crippen molar-refractivity contribution in [3.63, 3.8) is 0 Å². The fourth-order valence-corrected chi connectivity index (χ4v) is 2.40. The maximum Gasteiger partial charge on any atom is 0.204 e. The van der Waals surface area contributed by atoms with Crippen LogP contribution in [-0.2, 0) is 9.59 Å². The number of hydrogen-bond donors (Lipinski definition) is 0. The van der Waals surface area contributed by atoms with Crippen LogP contribution in [0.15, 0.2) is 0 Å². The SMILES string of the molecule is CC[CH]CN(SC(=O)CC)SC(=O)CC. The van der Waals surface area contributed by atoms with E-state index in [1.807, 2.05) is 27.2 Å². The largest absolute Gasteiger partial charge is 0.286 e. The molecule has 0 aromatic carbocycles. The molecule has 5 heteroatoms. The molecule has 0 N–H and O–H groups in total. The summed E-state index contributed by atoms with van der Waals surface area (Å²) in [4.78, 5) is 22.5. The minimum atomic E-state index is 0.0934. The summed E-state index contributed by atoms with van der Waals surface area (Å²) in [5.74, 6) is 0. The van der Waals surface area contributed by atoms with E-state index in [1.54, 1.807) is 3.71 Å². The molecular weight excluding hydrogens is 230 g/mol. The molecule has 0 unspecified atom stereocenters. The Balaban J connectivity index is 4.05. The molecule has 0 spiro atoms.